The number of hydrogen-bond acceptors (Lipinski definition) is 3. The topological polar surface area (TPSA) is 37.4 Å². The summed E-state index contributed by atoms with van der Waals surface area (Å²) in [6.07, 6.45) is 2.18. The molecule has 0 aliphatic heterocycles. The lowest BCUT2D eigenvalue weighted by atomic mass is 10.4. The summed E-state index contributed by atoms with van der Waals surface area (Å²) in [6.45, 7) is 6.83. The Bertz CT molecular complexity index is 193. The lowest BCUT2D eigenvalue weighted by molar-refractivity contribution is -0.138. The van der Waals surface area contributed by atoms with E-state index in [1.54, 1.807) is 0 Å². The summed E-state index contributed by atoms with van der Waals surface area (Å²) in [4.78, 5) is 23.0. The summed E-state index contributed by atoms with van der Waals surface area (Å²) in [5.74, 6) is -0.415. The van der Waals surface area contributed by atoms with Crippen LogP contribution in [0.2, 0.25) is 0 Å². The van der Waals surface area contributed by atoms with Crippen LogP contribution in [-0.4, -0.2) is 29.0 Å². The second-order valence-electron chi connectivity index (χ2n) is 1.96. The quantitative estimate of drug-likeness (QED) is 0.515. The van der Waals surface area contributed by atoms with Crippen LogP contribution in [0.1, 0.15) is 0 Å². The minimum absolute atomic E-state index is 0.277. The molecule has 0 fully saturated rings. The van der Waals surface area contributed by atoms with Crippen LogP contribution in [0.25, 0.3) is 0 Å². The molecule has 0 atom stereocenters. The van der Waals surface area contributed by atoms with Gasteiger partial charge in [0.15, 0.2) is 0 Å². The summed E-state index contributed by atoms with van der Waals surface area (Å²) in [5, 5.41) is 0. The largest absolute Gasteiger partial charge is 0.275 e. The van der Waals surface area contributed by atoms with Gasteiger partial charge in [0.25, 0.3) is 11.8 Å². The Hall–Kier alpha value is -1.03. The Balaban J connectivity index is 4.41. The zero-order chi connectivity index (χ0) is 9.56. The molecule has 0 saturated heterocycles. The maximum Gasteiger partial charge on any atom is 0.252 e. The maximum absolute atomic E-state index is 11.0. The molecular weight excluding hydrogens is 174 g/mol. The van der Waals surface area contributed by atoms with Crippen molar-refractivity contribution in [1.29, 1.82) is 0 Å². The van der Waals surface area contributed by atoms with Crippen LogP contribution >= 0.6 is 12.6 Å². The molecule has 0 bridgehead atoms. The first-order valence-electron chi connectivity index (χ1n) is 3.38. The zero-order valence-electron chi connectivity index (χ0n) is 6.69. The SMILES string of the molecule is C=CC(=O)N(CCS)C(=O)C=C. The van der Waals surface area contributed by atoms with Gasteiger partial charge in [-0.15, -0.1) is 0 Å². The fraction of sp³-hybridized carbons (Fsp3) is 0.250. The van der Waals surface area contributed by atoms with Crippen molar-refractivity contribution in [2.24, 2.45) is 0 Å². The third kappa shape index (κ3) is 2.92. The van der Waals surface area contributed by atoms with Crippen molar-refractivity contribution < 1.29 is 9.59 Å². The number of rotatable bonds is 4. The van der Waals surface area contributed by atoms with Gasteiger partial charge in [0.05, 0.1) is 0 Å². The molecule has 0 unspecified atom stereocenters. The summed E-state index contributed by atoms with van der Waals surface area (Å²) in [5.41, 5.74) is 0. The van der Waals surface area contributed by atoms with E-state index in [9.17, 15) is 9.59 Å². The second-order valence-corrected chi connectivity index (χ2v) is 2.41. The Morgan fingerprint density at radius 2 is 1.67 bits per heavy atom. The molecule has 2 amide bonds. The molecule has 0 saturated carbocycles. The Morgan fingerprint density at radius 3 is 1.92 bits per heavy atom. The van der Waals surface area contributed by atoms with Gasteiger partial charge >= 0.3 is 0 Å². The maximum atomic E-state index is 11.0. The Labute approximate surface area is 77.2 Å². The molecule has 12 heavy (non-hydrogen) atoms. The summed E-state index contributed by atoms with van der Waals surface area (Å²) in [7, 11) is 0. The predicted octanol–water partition coefficient (Wildman–Crippen LogP) is 0.643. The van der Waals surface area contributed by atoms with Crippen molar-refractivity contribution in [3.8, 4) is 0 Å². The molecule has 0 radical (unpaired) electrons. The van der Waals surface area contributed by atoms with E-state index >= 15 is 0 Å². The van der Waals surface area contributed by atoms with Gasteiger partial charge in [0.2, 0.25) is 0 Å². The van der Waals surface area contributed by atoms with E-state index in [2.05, 4.69) is 25.8 Å². The number of nitrogens with zero attached hydrogens (tertiary/aromatic N) is 1. The molecule has 0 aromatic carbocycles. The lowest BCUT2D eigenvalue weighted by Gasteiger charge is -2.15. The van der Waals surface area contributed by atoms with Gasteiger partial charge in [-0.1, -0.05) is 13.2 Å². The molecule has 66 valence electrons. The first-order valence-corrected chi connectivity index (χ1v) is 4.01. The van der Waals surface area contributed by atoms with Gasteiger partial charge < -0.3 is 0 Å². The average molecular weight is 185 g/mol. The number of imide groups is 1. The number of carbonyl (C=O) groups excluding carboxylic acids is 2. The molecule has 0 spiro atoms. The Morgan fingerprint density at radius 1 is 1.25 bits per heavy atom. The van der Waals surface area contributed by atoms with Crippen molar-refractivity contribution in [1.82, 2.24) is 4.90 Å². The van der Waals surface area contributed by atoms with Crippen LogP contribution in [-0.2, 0) is 9.59 Å². The number of hydrogen-bond donors (Lipinski definition) is 1. The minimum Gasteiger partial charge on any atom is -0.275 e. The first-order chi connectivity index (χ1) is 5.67. The molecule has 4 heteroatoms. The molecule has 0 aliphatic carbocycles. The van der Waals surface area contributed by atoms with E-state index in [0.29, 0.717) is 5.75 Å². The zero-order valence-corrected chi connectivity index (χ0v) is 7.59. The summed E-state index contributed by atoms with van der Waals surface area (Å²) < 4.78 is 0. The average Bonchev–Trinajstić information content (AvgIpc) is 2.11. The van der Waals surface area contributed by atoms with Gasteiger partial charge in [-0.25, -0.2) is 0 Å². The van der Waals surface area contributed by atoms with E-state index in [1.807, 2.05) is 0 Å². The molecule has 0 N–H and O–H groups in total. The first kappa shape index (κ1) is 11.0. The third-order valence-electron chi connectivity index (χ3n) is 1.20. The standard InChI is InChI=1S/C8H11NO2S/c1-3-7(10)9(5-6-12)8(11)4-2/h3-4,12H,1-2,5-6H2. The Kier molecular flexibility index (Phi) is 5.12. The van der Waals surface area contributed by atoms with Crippen molar-refractivity contribution in [3.63, 3.8) is 0 Å². The highest BCUT2D eigenvalue weighted by molar-refractivity contribution is 7.80. The van der Waals surface area contributed by atoms with Crippen LogP contribution in [0, 0.1) is 0 Å². The normalized spacial score (nSPS) is 8.75. The van der Waals surface area contributed by atoms with Gasteiger partial charge in [-0.2, -0.15) is 12.6 Å². The molecule has 0 aromatic rings. The predicted molar refractivity (Wildman–Crippen MR) is 51.0 cm³/mol. The van der Waals surface area contributed by atoms with E-state index < -0.39 is 11.8 Å². The fourth-order valence-corrected chi connectivity index (χ4v) is 0.849. The molecular formula is C8H11NO2S. The highest BCUT2D eigenvalue weighted by atomic mass is 32.1. The highest BCUT2D eigenvalue weighted by Crippen LogP contribution is 1.94. The van der Waals surface area contributed by atoms with E-state index in [1.165, 1.54) is 0 Å². The van der Waals surface area contributed by atoms with Crippen molar-refractivity contribution in [2.45, 2.75) is 0 Å². The van der Waals surface area contributed by atoms with Crippen molar-refractivity contribution in [3.05, 3.63) is 25.3 Å². The van der Waals surface area contributed by atoms with E-state index in [4.69, 9.17) is 0 Å². The molecule has 0 aliphatic rings. The summed E-state index contributed by atoms with van der Waals surface area (Å²) in [6, 6.07) is 0. The van der Waals surface area contributed by atoms with Crippen LogP contribution in [0.3, 0.4) is 0 Å². The lowest BCUT2D eigenvalue weighted by Crippen LogP contribution is -2.35. The molecule has 0 aromatic heterocycles. The van der Waals surface area contributed by atoms with Gasteiger partial charge in [0, 0.05) is 12.3 Å². The van der Waals surface area contributed by atoms with Crippen molar-refractivity contribution in [2.75, 3.05) is 12.3 Å². The second kappa shape index (κ2) is 5.60. The minimum atomic E-state index is -0.422. The van der Waals surface area contributed by atoms with Gasteiger partial charge in [-0.3, -0.25) is 14.5 Å². The monoisotopic (exact) mass is 185 g/mol. The van der Waals surface area contributed by atoms with Crippen LogP contribution < -0.4 is 0 Å². The van der Waals surface area contributed by atoms with Crippen LogP contribution in [0.4, 0.5) is 0 Å². The van der Waals surface area contributed by atoms with Crippen LogP contribution in [0.15, 0.2) is 25.3 Å². The number of carbonyl (C=O) groups is 2. The van der Waals surface area contributed by atoms with Gasteiger partial charge in [0.1, 0.15) is 0 Å². The van der Waals surface area contributed by atoms with E-state index in [0.717, 1.165) is 17.1 Å². The number of amides is 2. The van der Waals surface area contributed by atoms with E-state index in [-0.39, 0.29) is 6.54 Å². The molecule has 0 rings (SSSR count). The molecule has 3 nitrogen and oxygen atoms in total. The fourth-order valence-electron chi connectivity index (χ4n) is 0.649. The van der Waals surface area contributed by atoms with Crippen LogP contribution in [0.5, 0.6) is 0 Å². The third-order valence-corrected chi connectivity index (χ3v) is 1.40. The smallest absolute Gasteiger partial charge is 0.252 e. The molecule has 0 heterocycles. The number of thiol groups is 1. The van der Waals surface area contributed by atoms with Crippen molar-refractivity contribution >= 4 is 24.4 Å². The van der Waals surface area contributed by atoms with Gasteiger partial charge in [-0.05, 0) is 12.2 Å². The highest BCUT2D eigenvalue weighted by Gasteiger charge is 2.14. The summed E-state index contributed by atoms with van der Waals surface area (Å²) >= 11 is 3.91.